The minimum atomic E-state index is -4.31. The van der Waals surface area contributed by atoms with Crippen molar-refractivity contribution >= 4 is 5.82 Å². The van der Waals surface area contributed by atoms with E-state index in [2.05, 4.69) is 20.3 Å². The molecule has 0 aromatic carbocycles. The Labute approximate surface area is 169 Å². The van der Waals surface area contributed by atoms with E-state index in [1.54, 1.807) is 6.20 Å². The maximum atomic E-state index is 13.8. The van der Waals surface area contributed by atoms with E-state index < -0.39 is 12.2 Å². The quantitative estimate of drug-likeness (QED) is 0.779. The highest BCUT2D eigenvalue weighted by Crippen LogP contribution is 2.42. The van der Waals surface area contributed by atoms with Crippen molar-refractivity contribution in [1.29, 1.82) is 0 Å². The van der Waals surface area contributed by atoms with Gasteiger partial charge in [0.1, 0.15) is 5.82 Å². The second-order valence-electron chi connectivity index (χ2n) is 8.53. The molecule has 8 heteroatoms. The number of anilines is 1. The van der Waals surface area contributed by atoms with Gasteiger partial charge in [-0.3, -0.25) is 9.88 Å². The first-order valence-corrected chi connectivity index (χ1v) is 10.4. The number of nitrogens with zero attached hydrogens (tertiary/aromatic N) is 4. The molecule has 2 aromatic heterocycles. The predicted molar refractivity (Wildman–Crippen MR) is 105 cm³/mol. The highest BCUT2D eigenvalue weighted by molar-refractivity contribution is 5.42. The van der Waals surface area contributed by atoms with Crippen LogP contribution in [0.4, 0.5) is 19.0 Å². The molecule has 2 aliphatic rings. The van der Waals surface area contributed by atoms with Crippen molar-refractivity contribution in [3.63, 3.8) is 0 Å². The van der Waals surface area contributed by atoms with Gasteiger partial charge in [0.2, 0.25) is 0 Å². The molecule has 1 fully saturated rings. The van der Waals surface area contributed by atoms with Crippen LogP contribution < -0.4 is 5.32 Å². The van der Waals surface area contributed by atoms with Crippen LogP contribution in [-0.4, -0.2) is 38.4 Å². The molecular formula is C21H28F3N5. The van der Waals surface area contributed by atoms with E-state index in [4.69, 9.17) is 0 Å². The van der Waals surface area contributed by atoms with E-state index in [0.717, 1.165) is 43.6 Å². The Morgan fingerprint density at radius 1 is 1.28 bits per heavy atom. The van der Waals surface area contributed by atoms with Crippen LogP contribution in [0.3, 0.4) is 0 Å². The summed E-state index contributed by atoms with van der Waals surface area (Å²) in [5, 5.41) is 7.78. The van der Waals surface area contributed by atoms with Gasteiger partial charge in [-0.15, -0.1) is 0 Å². The number of halogens is 3. The number of alkyl halides is 3. The van der Waals surface area contributed by atoms with Gasteiger partial charge in [0, 0.05) is 31.0 Å². The molecule has 0 amide bonds. The van der Waals surface area contributed by atoms with E-state index in [0.29, 0.717) is 5.82 Å². The van der Waals surface area contributed by atoms with Crippen molar-refractivity contribution in [2.45, 2.75) is 70.4 Å². The summed E-state index contributed by atoms with van der Waals surface area (Å²) in [6.07, 6.45) is 2.34. The van der Waals surface area contributed by atoms with Gasteiger partial charge in [0.25, 0.3) is 0 Å². The van der Waals surface area contributed by atoms with Crippen LogP contribution in [-0.2, 0) is 6.54 Å². The van der Waals surface area contributed by atoms with E-state index in [1.807, 2.05) is 38.2 Å². The summed E-state index contributed by atoms with van der Waals surface area (Å²) >= 11 is 0. The van der Waals surface area contributed by atoms with Gasteiger partial charge in [-0.25, -0.2) is 4.68 Å². The number of fused-ring (bicyclic) bond motifs is 1. The SMILES string of the molecule is CC(C)[C@@H]1C[C@H](C(F)(F)F)n2nc(C3CCCCN3Cc3cccnc3)cc2N1. The third kappa shape index (κ3) is 4.27. The lowest BCUT2D eigenvalue weighted by atomic mass is 9.94. The van der Waals surface area contributed by atoms with Crippen molar-refractivity contribution in [1.82, 2.24) is 19.7 Å². The number of likely N-dealkylation sites (tertiary alicyclic amines) is 1. The monoisotopic (exact) mass is 407 g/mol. The topological polar surface area (TPSA) is 46.0 Å². The van der Waals surface area contributed by atoms with Crippen molar-refractivity contribution in [2.75, 3.05) is 11.9 Å². The lowest BCUT2D eigenvalue weighted by Gasteiger charge is -2.35. The fraction of sp³-hybridized carbons (Fsp3) is 0.619. The molecule has 2 aliphatic heterocycles. The molecule has 4 heterocycles. The van der Waals surface area contributed by atoms with Crippen LogP contribution in [0.5, 0.6) is 0 Å². The van der Waals surface area contributed by atoms with Crippen LogP contribution >= 0.6 is 0 Å². The zero-order valence-corrected chi connectivity index (χ0v) is 16.9. The number of hydrogen-bond donors (Lipinski definition) is 1. The van der Waals surface area contributed by atoms with Crippen LogP contribution in [0.1, 0.15) is 62.9 Å². The summed E-state index contributed by atoms with van der Waals surface area (Å²) in [5.74, 6) is 0.600. The molecule has 0 saturated carbocycles. The predicted octanol–water partition coefficient (Wildman–Crippen LogP) is 4.95. The Morgan fingerprint density at radius 2 is 2.10 bits per heavy atom. The third-order valence-corrected chi connectivity index (χ3v) is 6.11. The largest absolute Gasteiger partial charge is 0.410 e. The Bertz CT molecular complexity index is 817. The number of nitrogens with one attached hydrogen (secondary N) is 1. The van der Waals surface area contributed by atoms with E-state index in [-0.39, 0.29) is 24.4 Å². The molecule has 3 atom stereocenters. The molecule has 0 aliphatic carbocycles. The molecule has 0 spiro atoms. The molecule has 1 unspecified atom stereocenters. The van der Waals surface area contributed by atoms with E-state index >= 15 is 0 Å². The van der Waals surface area contributed by atoms with Gasteiger partial charge in [0.15, 0.2) is 6.04 Å². The standard InChI is InChI=1S/C21H28F3N5/c1-14(2)16-10-19(21(22,23)24)29-20(26-16)11-17(27-29)18-7-3-4-9-28(18)13-15-6-5-8-25-12-15/h5-6,8,11-12,14,16,18-19,26H,3-4,7,9-10,13H2,1-2H3/t16-,18?,19+/m0/s1. The highest BCUT2D eigenvalue weighted by atomic mass is 19.4. The Morgan fingerprint density at radius 3 is 2.79 bits per heavy atom. The summed E-state index contributed by atoms with van der Waals surface area (Å²) in [7, 11) is 0. The van der Waals surface area contributed by atoms with E-state index in [9.17, 15) is 13.2 Å². The van der Waals surface area contributed by atoms with Crippen molar-refractivity contribution in [2.24, 2.45) is 5.92 Å². The highest BCUT2D eigenvalue weighted by Gasteiger charge is 2.47. The zero-order chi connectivity index (χ0) is 20.6. The van der Waals surface area contributed by atoms with Crippen molar-refractivity contribution < 1.29 is 13.2 Å². The normalized spacial score (nSPS) is 25.7. The number of hydrogen-bond acceptors (Lipinski definition) is 4. The fourth-order valence-electron chi connectivity index (χ4n) is 4.46. The minimum absolute atomic E-state index is 0.0132. The van der Waals surface area contributed by atoms with Gasteiger partial charge in [-0.1, -0.05) is 26.3 Å². The smallest absolute Gasteiger partial charge is 0.367 e. The van der Waals surface area contributed by atoms with Gasteiger partial charge < -0.3 is 5.32 Å². The molecule has 1 N–H and O–H groups in total. The molecule has 0 bridgehead atoms. The van der Waals surface area contributed by atoms with Crippen LogP contribution in [0.25, 0.3) is 0 Å². The Balaban J connectivity index is 1.63. The van der Waals surface area contributed by atoms with Gasteiger partial charge >= 0.3 is 6.18 Å². The summed E-state index contributed by atoms with van der Waals surface area (Å²) in [6, 6.07) is 4.01. The molecule has 0 radical (unpaired) electrons. The molecule has 1 saturated heterocycles. The summed E-state index contributed by atoms with van der Waals surface area (Å²) in [4.78, 5) is 6.50. The molecule has 29 heavy (non-hydrogen) atoms. The number of aromatic nitrogens is 3. The number of rotatable bonds is 4. The van der Waals surface area contributed by atoms with Crippen molar-refractivity contribution in [3.8, 4) is 0 Å². The lowest BCUT2D eigenvalue weighted by Crippen LogP contribution is -2.41. The Kier molecular flexibility index (Phi) is 5.55. The molecule has 2 aromatic rings. The van der Waals surface area contributed by atoms with Crippen LogP contribution in [0.15, 0.2) is 30.6 Å². The first kappa shape index (κ1) is 20.2. The van der Waals surface area contributed by atoms with Crippen LogP contribution in [0, 0.1) is 5.92 Å². The maximum absolute atomic E-state index is 13.8. The fourth-order valence-corrected chi connectivity index (χ4v) is 4.46. The maximum Gasteiger partial charge on any atom is 0.410 e. The Hall–Kier alpha value is -2.09. The zero-order valence-electron chi connectivity index (χ0n) is 16.9. The lowest BCUT2D eigenvalue weighted by molar-refractivity contribution is -0.174. The first-order valence-electron chi connectivity index (χ1n) is 10.4. The molecule has 5 nitrogen and oxygen atoms in total. The van der Waals surface area contributed by atoms with Gasteiger partial charge in [-0.05, 0) is 43.4 Å². The van der Waals surface area contributed by atoms with Gasteiger partial charge in [-0.2, -0.15) is 18.3 Å². The third-order valence-electron chi connectivity index (χ3n) is 6.11. The van der Waals surface area contributed by atoms with E-state index in [1.165, 1.54) is 4.68 Å². The first-order chi connectivity index (χ1) is 13.8. The summed E-state index contributed by atoms with van der Waals surface area (Å²) < 4.78 is 42.5. The number of piperidine rings is 1. The molecule has 158 valence electrons. The average Bonchev–Trinajstić information content (AvgIpc) is 3.11. The minimum Gasteiger partial charge on any atom is -0.367 e. The average molecular weight is 407 g/mol. The second kappa shape index (κ2) is 7.97. The molecular weight excluding hydrogens is 379 g/mol. The van der Waals surface area contributed by atoms with Gasteiger partial charge in [0.05, 0.1) is 11.7 Å². The van der Waals surface area contributed by atoms with Crippen molar-refractivity contribution in [3.05, 3.63) is 41.9 Å². The molecule has 4 rings (SSSR count). The summed E-state index contributed by atoms with van der Waals surface area (Å²) in [5.41, 5.74) is 1.84. The second-order valence-corrected chi connectivity index (χ2v) is 8.53. The summed E-state index contributed by atoms with van der Waals surface area (Å²) in [6.45, 7) is 5.54. The van der Waals surface area contributed by atoms with Crippen LogP contribution in [0.2, 0.25) is 0 Å². The number of pyridine rings is 1.